The zero-order valence-electron chi connectivity index (χ0n) is 15.1. The van der Waals surface area contributed by atoms with E-state index in [1.54, 1.807) is 13.1 Å². The molecule has 0 aromatic carbocycles. The minimum atomic E-state index is -0.110. The van der Waals surface area contributed by atoms with E-state index in [1.807, 2.05) is 26.1 Å². The Bertz CT molecular complexity index is 736. The summed E-state index contributed by atoms with van der Waals surface area (Å²) in [5.41, 5.74) is 8.16. The predicted molar refractivity (Wildman–Crippen MR) is 98.3 cm³/mol. The van der Waals surface area contributed by atoms with E-state index in [0.29, 0.717) is 17.3 Å². The van der Waals surface area contributed by atoms with E-state index < -0.39 is 0 Å². The number of nitrogens with one attached hydrogen (secondary N) is 1. The molecule has 24 heavy (non-hydrogen) atoms. The number of nitrogens with two attached hydrogens (primary N) is 1. The van der Waals surface area contributed by atoms with E-state index in [9.17, 15) is 4.79 Å². The van der Waals surface area contributed by atoms with E-state index in [-0.39, 0.29) is 11.6 Å². The zero-order chi connectivity index (χ0) is 17.9. The minimum Gasteiger partial charge on any atom is -0.360 e. The van der Waals surface area contributed by atoms with Gasteiger partial charge >= 0.3 is 0 Å². The second kappa shape index (κ2) is 7.57. The average molecular weight is 329 g/mol. The number of aromatic amines is 1. The summed E-state index contributed by atoms with van der Waals surface area (Å²) in [5.74, 6) is 1.90. The molecule has 2 heterocycles. The lowest BCUT2D eigenvalue weighted by molar-refractivity contribution is 0.466. The van der Waals surface area contributed by atoms with Gasteiger partial charge in [-0.2, -0.15) is 0 Å². The van der Waals surface area contributed by atoms with Gasteiger partial charge in [-0.05, 0) is 38.3 Å². The van der Waals surface area contributed by atoms with Crippen LogP contribution in [0.3, 0.4) is 0 Å². The third-order valence-electron chi connectivity index (χ3n) is 4.46. The van der Waals surface area contributed by atoms with Crippen molar-refractivity contribution >= 4 is 5.82 Å². The standard InChI is InChI=1S/C18H27N5O/c1-11(2)15(19)8-9-23(5)16-7-6-14(10-20-16)17-21-13(4)12(3)18(24)22-17/h6-7,10-11,15H,8-9,19H2,1-5H3,(H,21,22,24). The second-order valence-corrected chi connectivity index (χ2v) is 6.65. The Kier molecular flexibility index (Phi) is 5.72. The van der Waals surface area contributed by atoms with Gasteiger partial charge in [-0.1, -0.05) is 13.8 Å². The highest BCUT2D eigenvalue weighted by atomic mass is 16.1. The Labute approximate surface area is 143 Å². The van der Waals surface area contributed by atoms with Gasteiger partial charge in [-0.15, -0.1) is 0 Å². The molecular weight excluding hydrogens is 302 g/mol. The van der Waals surface area contributed by atoms with Crippen molar-refractivity contribution in [3.8, 4) is 11.4 Å². The van der Waals surface area contributed by atoms with Crippen LogP contribution in [0.2, 0.25) is 0 Å². The van der Waals surface area contributed by atoms with Gasteiger partial charge < -0.3 is 15.6 Å². The number of aromatic nitrogens is 3. The number of aryl methyl sites for hydroxylation is 1. The Morgan fingerprint density at radius 3 is 2.54 bits per heavy atom. The number of nitrogens with zero attached hydrogens (tertiary/aromatic N) is 3. The van der Waals surface area contributed by atoms with Crippen LogP contribution in [0.4, 0.5) is 5.82 Å². The second-order valence-electron chi connectivity index (χ2n) is 6.65. The molecule has 0 aliphatic heterocycles. The summed E-state index contributed by atoms with van der Waals surface area (Å²) in [6.45, 7) is 8.72. The Hall–Kier alpha value is -2.21. The van der Waals surface area contributed by atoms with Gasteiger partial charge in [0.25, 0.3) is 5.56 Å². The van der Waals surface area contributed by atoms with Crippen molar-refractivity contribution in [3.63, 3.8) is 0 Å². The van der Waals surface area contributed by atoms with Gasteiger partial charge in [0.15, 0.2) is 0 Å². The first kappa shape index (κ1) is 18.1. The van der Waals surface area contributed by atoms with Crippen LogP contribution in [0.1, 0.15) is 31.5 Å². The van der Waals surface area contributed by atoms with Crippen molar-refractivity contribution in [1.82, 2.24) is 15.0 Å². The Balaban J connectivity index is 2.12. The van der Waals surface area contributed by atoms with Gasteiger partial charge in [-0.3, -0.25) is 4.79 Å². The first-order chi connectivity index (χ1) is 11.3. The lowest BCUT2D eigenvalue weighted by atomic mass is 10.0. The highest BCUT2D eigenvalue weighted by Gasteiger charge is 2.11. The smallest absolute Gasteiger partial charge is 0.254 e. The number of pyridine rings is 1. The fourth-order valence-electron chi connectivity index (χ4n) is 2.32. The molecule has 0 amide bonds. The summed E-state index contributed by atoms with van der Waals surface area (Å²) in [6.07, 6.45) is 2.66. The molecule has 2 aromatic heterocycles. The SMILES string of the molecule is Cc1nc(-c2ccc(N(C)CCC(N)C(C)C)nc2)[nH]c(=O)c1C. The number of rotatable bonds is 6. The van der Waals surface area contributed by atoms with Gasteiger partial charge in [0.1, 0.15) is 11.6 Å². The molecule has 1 atom stereocenters. The molecule has 0 aliphatic carbocycles. The third-order valence-corrected chi connectivity index (χ3v) is 4.46. The van der Waals surface area contributed by atoms with Gasteiger partial charge in [0.05, 0.1) is 0 Å². The topological polar surface area (TPSA) is 87.9 Å². The molecule has 2 rings (SSSR count). The van der Waals surface area contributed by atoms with Gasteiger partial charge in [0, 0.05) is 42.7 Å². The molecule has 0 saturated carbocycles. The van der Waals surface area contributed by atoms with Crippen LogP contribution in [-0.4, -0.2) is 34.6 Å². The summed E-state index contributed by atoms with van der Waals surface area (Å²) in [5, 5.41) is 0. The van der Waals surface area contributed by atoms with Crippen LogP contribution in [0, 0.1) is 19.8 Å². The maximum absolute atomic E-state index is 11.9. The summed E-state index contributed by atoms with van der Waals surface area (Å²) >= 11 is 0. The number of hydrogen-bond donors (Lipinski definition) is 2. The molecule has 0 spiro atoms. The van der Waals surface area contributed by atoms with E-state index in [2.05, 4.69) is 33.7 Å². The summed E-state index contributed by atoms with van der Waals surface area (Å²) < 4.78 is 0. The van der Waals surface area contributed by atoms with Crippen molar-refractivity contribution in [3.05, 3.63) is 39.9 Å². The number of hydrogen-bond acceptors (Lipinski definition) is 5. The van der Waals surface area contributed by atoms with Crippen LogP contribution in [-0.2, 0) is 0 Å². The Morgan fingerprint density at radius 1 is 1.29 bits per heavy atom. The highest BCUT2D eigenvalue weighted by Crippen LogP contribution is 2.17. The lowest BCUT2D eigenvalue weighted by Gasteiger charge is -2.22. The molecule has 0 saturated heterocycles. The maximum Gasteiger partial charge on any atom is 0.254 e. The monoisotopic (exact) mass is 329 g/mol. The molecular formula is C18H27N5O. The maximum atomic E-state index is 11.9. The highest BCUT2D eigenvalue weighted by molar-refractivity contribution is 5.56. The normalized spacial score (nSPS) is 12.5. The number of anilines is 1. The van der Waals surface area contributed by atoms with Crippen LogP contribution >= 0.6 is 0 Å². The van der Waals surface area contributed by atoms with Crippen molar-refractivity contribution < 1.29 is 0 Å². The van der Waals surface area contributed by atoms with Crippen molar-refractivity contribution in [2.75, 3.05) is 18.5 Å². The summed E-state index contributed by atoms with van der Waals surface area (Å²) in [6, 6.07) is 4.05. The molecule has 3 N–H and O–H groups in total. The van der Waals surface area contributed by atoms with E-state index in [1.165, 1.54) is 0 Å². The quantitative estimate of drug-likeness (QED) is 0.849. The molecule has 0 fully saturated rings. The fourth-order valence-corrected chi connectivity index (χ4v) is 2.32. The first-order valence-corrected chi connectivity index (χ1v) is 8.30. The average Bonchev–Trinajstić information content (AvgIpc) is 2.56. The molecule has 0 bridgehead atoms. The van der Waals surface area contributed by atoms with Gasteiger partial charge in [-0.25, -0.2) is 9.97 Å². The molecule has 130 valence electrons. The van der Waals surface area contributed by atoms with Crippen molar-refractivity contribution in [1.29, 1.82) is 0 Å². The van der Waals surface area contributed by atoms with E-state index in [0.717, 1.165) is 30.0 Å². The number of H-pyrrole nitrogens is 1. The largest absolute Gasteiger partial charge is 0.360 e. The van der Waals surface area contributed by atoms with Crippen LogP contribution < -0.4 is 16.2 Å². The summed E-state index contributed by atoms with van der Waals surface area (Å²) in [4.78, 5) is 25.7. The molecule has 2 aromatic rings. The predicted octanol–water partition coefficient (Wildman–Crippen LogP) is 2.26. The molecule has 6 heteroatoms. The first-order valence-electron chi connectivity index (χ1n) is 8.30. The Morgan fingerprint density at radius 2 is 2.00 bits per heavy atom. The minimum absolute atomic E-state index is 0.110. The van der Waals surface area contributed by atoms with Crippen LogP contribution in [0.25, 0.3) is 11.4 Å². The van der Waals surface area contributed by atoms with Crippen molar-refractivity contribution in [2.45, 2.75) is 40.2 Å². The summed E-state index contributed by atoms with van der Waals surface area (Å²) in [7, 11) is 2.01. The van der Waals surface area contributed by atoms with Crippen LogP contribution in [0.15, 0.2) is 23.1 Å². The van der Waals surface area contributed by atoms with E-state index in [4.69, 9.17) is 5.73 Å². The van der Waals surface area contributed by atoms with Gasteiger partial charge in [0.2, 0.25) is 0 Å². The lowest BCUT2D eigenvalue weighted by Crippen LogP contribution is -2.32. The fraction of sp³-hybridized carbons (Fsp3) is 0.500. The van der Waals surface area contributed by atoms with E-state index >= 15 is 0 Å². The van der Waals surface area contributed by atoms with Crippen molar-refractivity contribution in [2.24, 2.45) is 11.7 Å². The molecule has 0 radical (unpaired) electrons. The molecule has 0 aliphatic rings. The van der Waals surface area contributed by atoms with Crippen LogP contribution in [0.5, 0.6) is 0 Å². The zero-order valence-corrected chi connectivity index (χ0v) is 15.1. The third kappa shape index (κ3) is 4.20. The molecule has 1 unspecified atom stereocenters. The molecule has 6 nitrogen and oxygen atoms in total.